The molecule has 0 aromatic carbocycles. The number of hydrogen-bond donors (Lipinski definition) is 1. The zero-order chi connectivity index (χ0) is 14.5. The van der Waals surface area contributed by atoms with Crippen molar-refractivity contribution in [1.29, 1.82) is 0 Å². The molecule has 2 heteroatoms. The highest BCUT2D eigenvalue weighted by molar-refractivity contribution is 4.98. The van der Waals surface area contributed by atoms with Crippen molar-refractivity contribution in [1.82, 2.24) is 5.32 Å². The Kier molecular flexibility index (Phi) is 6.32. The summed E-state index contributed by atoms with van der Waals surface area (Å²) in [6, 6.07) is 0.506. The lowest BCUT2D eigenvalue weighted by Gasteiger charge is -2.48. The van der Waals surface area contributed by atoms with Crippen molar-refractivity contribution in [2.45, 2.75) is 84.8 Å². The van der Waals surface area contributed by atoms with Crippen LogP contribution in [0.25, 0.3) is 0 Å². The van der Waals surface area contributed by atoms with Gasteiger partial charge in [0.25, 0.3) is 0 Å². The molecule has 0 heterocycles. The Labute approximate surface area is 120 Å². The van der Waals surface area contributed by atoms with E-state index in [1.165, 1.54) is 38.5 Å². The second-order valence-electron chi connectivity index (χ2n) is 7.47. The minimum absolute atomic E-state index is 0.0773. The molecule has 1 fully saturated rings. The first kappa shape index (κ1) is 17.0. The van der Waals surface area contributed by atoms with Gasteiger partial charge in [0.2, 0.25) is 0 Å². The highest BCUT2D eigenvalue weighted by Gasteiger charge is 2.43. The highest BCUT2D eigenvalue weighted by Crippen LogP contribution is 2.44. The van der Waals surface area contributed by atoms with Gasteiger partial charge in [-0.05, 0) is 63.8 Å². The predicted octanol–water partition coefficient (Wildman–Crippen LogP) is 4.39. The Morgan fingerprint density at radius 3 is 2.05 bits per heavy atom. The maximum Gasteiger partial charge on any atom is 0.0834 e. The molecule has 1 N–H and O–H groups in total. The van der Waals surface area contributed by atoms with Crippen molar-refractivity contribution < 1.29 is 4.74 Å². The Bertz CT molecular complexity index is 250. The van der Waals surface area contributed by atoms with E-state index in [1.807, 2.05) is 0 Å². The van der Waals surface area contributed by atoms with Crippen molar-refractivity contribution in [2.75, 3.05) is 13.7 Å². The molecule has 0 aliphatic heterocycles. The number of likely N-dealkylation sites (N-methyl/N-ethyl adjacent to an activating group) is 1. The van der Waals surface area contributed by atoms with Crippen LogP contribution in [0.5, 0.6) is 0 Å². The molecule has 1 rings (SSSR count). The van der Waals surface area contributed by atoms with Crippen molar-refractivity contribution in [3.05, 3.63) is 0 Å². The van der Waals surface area contributed by atoms with E-state index in [2.05, 4.69) is 47.0 Å². The molecule has 1 unspecified atom stereocenters. The van der Waals surface area contributed by atoms with Gasteiger partial charge in [-0.2, -0.15) is 0 Å². The smallest absolute Gasteiger partial charge is 0.0834 e. The van der Waals surface area contributed by atoms with Crippen molar-refractivity contribution in [3.63, 3.8) is 0 Å². The first-order valence-electron chi connectivity index (χ1n) is 8.16. The third-order valence-corrected chi connectivity index (χ3v) is 4.90. The molecule has 1 saturated carbocycles. The number of ether oxygens (including phenoxy) is 1. The maximum absolute atomic E-state index is 6.29. The van der Waals surface area contributed by atoms with Crippen LogP contribution >= 0.6 is 0 Å². The Morgan fingerprint density at radius 2 is 1.63 bits per heavy atom. The lowest BCUT2D eigenvalue weighted by atomic mass is 9.67. The molecule has 0 spiro atoms. The fourth-order valence-corrected chi connectivity index (χ4v) is 3.40. The molecule has 1 aliphatic carbocycles. The van der Waals surface area contributed by atoms with Gasteiger partial charge in [0.15, 0.2) is 0 Å². The van der Waals surface area contributed by atoms with Crippen molar-refractivity contribution in [2.24, 2.45) is 11.3 Å². The van der Waals surface area contributed by atoms with Gasteiger partial charge in [0.05, 0.1) is 5.60 Å². The Morgan fingerprint density at radius 1 is 1.05 bits per heavy atom. The number of hydrogen-bond acceptors (Lipinski definition) is 2. The summed E-state index contributed by atoms with van der Waals surface area (Å²) in [5, 5.41) is 3.56. The summed E-state index contributed by atoms with van der Waals surface area (Å²) in [4.78, 5) is 0. The molecule has 114 valence electrons. The Balaban J connectivity index is 2.73. The van der Waals surface area contributed by atoms with E-state index in [-0.39, 0.29) is 5.60 Å². The minimum atomic E-state index is 0.0773. The molecule has 0 radical (unpaired) electrons. The van der Waals surface area contributed by atoms with Crippen LogP contribution in [0.1, 0.15) is 73.1 Å². The topological polar surface area (TPSA) is 21.3 Å². The molecule has 0 amide bonds. The van der Waals surface area contributed by atoms with Crippen LogP contribution in [-0.2, 0) is 4.74 Å². The van der Waals surface area contributed by atoms with E-state index >= 15 is 0 Å². The summed E-state index contributed by atoms with van der Waals surface area (Å²) in [5.41, 5.74) is 0.574. The van der Waals surface area contributed by atoms with Gasteiger partial charge in [-0.3, -0.25) is 0 Å². The minimum Gasteiger partial charge on any atom is -0.374 e. The average molecular weight is 269 g/mol. The van der Waals surface area contributed by atoms with Gasteiger partial charge in [0, 0.05) is 12.6 Å². The fraction of sp³-hybridized carbons (Fsp3) is 1.00. The van der Waals surface area contributed by atoms with Gasteiger partial charge >= 0.3 is 0 Å². The number of nitrogens with one attached hydrogen (secondary N) is 1. The third-order valence-electron chi connectivity index (χ3n) is 4.90. The van der Waals surface area contributed by atoms with E-state index in [0.29, 0.717) is 11.5 Å². The van der Waals surface area contributed by atoms with Crippen LogP contribution in [0.2, 0.25) is 0 Å². The van der Waals surface area contributed by atoms with Crippen molar-refractivity contribution >= 4 is 0 Å². The monoisotopic (exact) mass is 269 g/mol. The van der Waals surface area contributed by atoms with E-state index in [0.717, 1.165) is 12.5 Å². The van der Waals surface area contributed by atoms with Crippen LogP contribution in [0, 0.1) is 11.3 Å². The van der Waals surface area contributed by atoms with Gasteiger partial charge in [-0.25, -0.2) is 0 Å². The summed E-state index contributed by atoms with van der Waals surface area (Å²) in [6.07, 6.45) is 7.49. The molecular formula is C17H35NO. The fourth-order valence-electron chi connectivity index (χ4n) is 3.40. The molecular weight excluding hydrogens is 234 g/mol. The van der Waals surface area contributed by atoms with E-state index in [9.17, 15) is 0 Å². The summed E-state index contributed by atoms with van der Waals surface area (Å²) in [7, 11) is 2.10. The van der Waals surface area contributed by atoms with Crippen LogP contribution in [0.15, 0.2) is 0 Å². The molecule has 0 aromatic heterocycles. The summed E-state index contributed by atoms with van der Waals surface area (Å²) in [6.45, 7) is 12.4. The first-order chi connectivity index (χ1) is 8.85. The predicted molar refractivity (Wildman–Crippen MR) is 83.5 cm³/mol. The zero-order valence-electron chi connectivity index (χ0n) is 14.0. The van der Waals surface area contributed by atoms with Crippen LogP contribution < -0.4 is 5.32 Å². The maximum atomic E-state index is 6.29. The van der Waals surface area contributed by atoms with E-state index in [1.54, 1.807) is 0 Å². The molecule has 0 aromatic rings. The summed E-state index contributed by atoms with van der Waals surface area (Å²) < 4.78 is 6.29. The average Bonchev–Trinajstić information content (AvgIpc) is 2.33. The van der Waals surface area contributed by atoms with Crippen LogP contribution in [-0.4, -0.2) is 25.3 Å². The number of rotatable bonds is 7. The van der Waals surface area contributed by atoms with Crippen LogP contribution in [0.3, 0.4) is 0 Å². The third kappa shape index (κ3) is 4.75. The Hall–Kier alpha value is -0.0800. The normalized spacial score (nSPS) is 23.5. The molecule has 2 nitrogen and oxygen atoms in total. The largest absolute Gasteiger partial charge is 0.374 e. The lowest BCUT2D eigenvalue weighted by Crippen LogP contribution is -2.54. The highest BCUT2D eigenvalue weighted by atomic mass is 16.5. The van der Waals surface area contributed by atoms with Gasteiger partial charge in [-0.15, -0.1) is 0 Å². The standard InChI is InChI=1S/C17H35NO/c1-7-19-17(12-10-16(4,5)11-13-17)15(18-6)9-8-14(2)3/h14-15,18H,7-13H2,1-6H3. The van der Waals surface area contributed by atoms with Crippen LogP contribution in [0.4, 0.5) is 0 Å². The van der Waals surface area contributed by atoms with Gasteiger partial charge in [0.1, 0.15) is 0 Å². The summed E-state index contributed by atoms with van der Waals surface area (Å²) >= 11 is 0. The second kappa shape index (κ2) is 7.08. The molecule has 0 bridgehead atoms. The van der Waals surface area contributed by atoms with E-state index < -0.39 is 0 Å². The van der Waals surface area contributed by atoms with Crippen molar-refractivity contribution in [3.8, 4) is 0 Å². The first-order valence-corrected chi connectivity index (χ1v) is 8.16. The zero-order valence-corrected chi connectivity index (χ0v) is 14.0. The van der Waals surface area contributed by atoms with Gasteiger partial charge < -0.3 is 10.1 Å². The lowest BCUT2D eigenvalue weighted by molar-refractivity contribution is -0.107. The molecule has 1 aliphatic rings. The molecule has 19 heavy (non-hydrogen) atoms. The van der Waals surface area contributed by atoms with E-state index in [4.69, 9.17) is 4.74 Å². The molecule has 0 saturated heterocycles. The second-order valence-corrected chi connectivity index (χ2v) is 7.47. The summed E-state index contributed by atoms with van der Waals surface area (Å²) in [5.74, 6) is 0.773. The quantitative estimate of drug-likeness (QED) is 0.740. The SMILES string of the molecule is CCOC1(C(CCC(C)C)NC)CCC(C)(C)CC1. The molecule has 1 atom stereocenters. The van der Waals surface area contributed by atoms with Gasteiger partial charge in [-0.1, -0.05) is 27.7 Å².